The third kappa shape index (κ3) is 3.67. The number of benzene rings is 1. The summed E-state index contributed by atoms with van der Waals surface area (Å²) in [7, 11) is 1.89. The molecule has 4 aromatic rings. The molecule has 29 heavy (non-hydrogen) atoms. The summed E-state index contributed by atoms with van der Waals surface area (Å²) in [6.45, 7) is 3.92. The monoisotopic (exact) mass is 386 g/mol. The predicted octanol–water partition coefficient (Wildman–Crippen LogP) is 3.34. The molecule has 7 heteroatoms. The molecule has 146 valence electrons. The van der Waals surface area contributed by atoms with Crippen LogP contribution in [0, 0.1) is 13.8 Å². The highest BCUT2D eigenvalue weighted by molar-refractivity contribution is 5.94. The molecule has 0 saturated carbocycles. The van der Waals surface area contributed by atoms with E-state index in [1.165, 1.54) is 0 Å². The predicted molar refractivity (Wildman–Crippen MR) is 110 cm³/mol. The van der Waals surface area contributed by atoms with Crippen molar-refractivity contribution in [1.82, 2.24) is 30.3 Å². The van der Waals surface area contributed by atoms with Gasteiger partial charge in [-0.05, 0) is 43.2 Å². The van der Waals surface area contributed by atoms with Crippen molar-refractivity contribution in [1.29, 1.82) is 0 Å². The summed E-state index contributed by atoms with van der Waals surface area (Å²) < 4.78 is 1.81. The molecule has 1 amide bonds. The van der Waals surface area contributed by atoms with E-state index in [1.807, 2.05) is 68.0 Å². The van der Waals surface area contributed by atoms with Gasteiger partial charge in [0, 0.05) is 30.7 Å². The van der Waals surface area contributed by atoms with E-state index in [2.05, 4.69) is 25.6 Å². The molecule has 1 aromatic carbocycles. The molecule has 4 rings (SSSR count). The lowest BCUT2D eigenvalue weighted by Gasteiger charge is -2.19. The molecule has 0 bridgehead atoms. The Morgan fingerprint density at radius 2 is 1.76 bits per heavy atom. The molecular formula is C22H22N6O. The number of pyridine rings is 1. The van der Waals surface area contributed by atoms with Gasteiger partial charge in [0.2, 0.25) is 0 Å². The van der Waals surface area contributed by atoms with Gasteiger partial charge in [0.05, 0.1) is 17.4 Å². The molecule has 0 fully saturated rings. The van der Waals surface area contributed by atoms with Crippen LogP contribution in [0.15, 0.2) is 60.9 Å². The number of nitrogens with one attached hydrogen (secondary N) is 2. The fourth-order valence-electron chi connectivity index (χ4n) is 3.48. The first-order valence-corrected chi connectivity index (χ1v) is 9.36. The maximum Gasteiger partial charge on any atom is 0.270 e. The minimum atomic E-state index is -0.291. The molecular weight excluding hydrogens is 364 g/mol. The van der Waals surface area contributed by atoms with Crippen LogP contribution in [0.3, 0.4) is 0 Å². The van der Waals surface area contributed by atoms with Crippen molar-refractivity contribution in [2.45, 2.75) is 19.9 Å². The number of amides is 1. The lowest BCUT2D eigenvalue weighted by atomic mass is 9.99. The first-order chi connectivity index (χ1) is 14.0. The number of aromatic amines is 1. The molecule has 2 N–H and O–H groups in total. The van der Waals surface area contributed by atoms with E-state index in [9.17, 15) is 4.79 Å². The zero-order valence-electron chi connectivity index (χ0n) is 16.5. The lowest BCUT2D eigenvalue weighted by Crippen LogP contribution is -2.29. The highest BCUT2D eigenvalue weighted by Crippen LogP contribution is 2.26. The first kappa shape index (κ1) is 18.6. The second-order valence-corrected chi connectivity index (χ2v) is 6.93. The maximum absolute atomic E-state index is 13.0. The van der Waals surface area contributed by atoms with Gasteiger partial charge in [0.1, 0.15) is 5.69 Å². The average molecular weight is 386 g/mol. The summed E-state index contributed by atoms with van der Waals surface area (Å²) in [5.41, 5.74) is 5.87. The third-order valence-electron chi connectivity index (χ3n) is 5.04. The summed E-state index contributed by atoms with van der Waals surface area (Å²) in [5.74, 6) is -0.228. The minimum absolute atomic E-state index is 0.228. The Balaban J connectivity index is 1.63. The molecule has 0 aliphatic carbocycles. The first-order valence-electron chi connectivity index (χ1n) is 9.36. The largest absolute Gasteiger partial charge is 0.340 e. The Labute approximate surface area is 168 Å². The smallest absolute Gasteiger partial charge is 0.270 e. The Morgan fingerprint density at radius 1 is 1.07 bits per heavy atom. The molecule has 3 heterocycles. The Morgan fingerprint density at radius 3 is 2.41 bits per heavy atom. The third-order valence-corrected chi connectivity index (χ3v) is 5.04. The lowest BCUT2D eigenvalue weighted by molar-refractivity contribution is 0.0938. The van der Waals surface area contributed by atoms with Crippen LogP contribution in [0.2, 0.25) is 0 Å². The van der Waals surface area contributed by atoms with Crippen molar-refractivity contribution < 1.29 is 4.79 Å². The fraction of sp³-hybridized carbons (Fsp3) is 0.182. The number of hydrogen-bond acceptors (Lipinski definition) is 4. The van der Waals surface area contributed by atoms with Gasteiger partial charge in [-0.25, -0.2) is 0 Å². The number of rotatable bonds is 5. The van der Waals surface area contributed by atoms with Gasteiger partial charge in [0.15, 0.2) is 0 Å². The Bertz CT molecular complexity index is 1090. The maximum atomic E-state index is 13.0. The summed E-state index contributed by atoms with van der Waals surface area (Å²) in [6, 6.07) is 15.1. The number of nitrogens with zero attached hydrogens (tertiary/aromatic N) is 4. The van der Waals surface area contributed by atoms with E-state index in [4.69, 9.17) is 0 Å². The number of H-pyrrole nitrogens is 1. The standard InChI is InChI=1S/C22H22N6O/c1-14-20(15(2)28(3)27-14)18-13-19(26-25-18)22(29)24-21(16-7-5-4-6-8-16)17-9-11-23-12-10-17/h4-13,21H,1-3H3,(H,24,29)(H,25,26). The van der Waals surface area contributed by atoms with Crippen molar-refractivity contribution in [2.75, 3.05) is 0 Å². The van der Waals surface area contributed by atoms with Crippen LogP contribution in [0.4, 0.5) is 0 Å². The second kappa shape index (κ2) is 7.71. The molecule has 7 nitrogen and oxygen atoms in total. The zero-order valence-corrected chi connectivity index (χ0v) is 16.5. The van der Waals surface area contributed by atoms with E-state index >= 15 is 0 Å². The van der Waals surface area contributed by atoms with Crippen molar-refractivity contribution >= 4 is 5.91 Å². The molecule has 3 aromatic heterocycles. The van der Waals surface area contributed by atoms with Crippen molar-refractivity contribution in [3.8, 4) is 11.3 Å². The van der Waals surface area contributed by atoms with E-state index in [-0.39, 0.29) is 11.9 Å². The number of hydrogen-bond donors (Lipinski definition) is 2. The van der Waals surface area contributed by atoms with E-state index in [0.29, 0.717) is 11.4 Å². The van der Waals surface area contributed by atoms with E-state index in [0.717, 1.165) is 28.1 Å². The van der Waals surface area contributed by atoms with Gasteiger partial charge in [-0.1, -0.05) is 30.3 Å². The molecule has 0 aliphatic heterocycles. The summed E-state index contributed by atoms with van der Waals surface area (Å²) in [5, 5.41) is 14.7. The van der Waals surface area contributed by atoms with Crippen LogP contribution in [0.5, 0.6) is 0 Å². The number of aryl methyl sites for hydroxylation is 2. The number of carbonyl (C=O) groups excluding carboxylic acids is 1. The SMILES string of the molecule is Cc1nn(C)c(C)c1-c1cc(C(=O)NC(c2ccccc2)c2ccncc2)[nH]n1. The van der Waals surface area contributed by atoms with Crippen molar-refractivity contribution in [3.05, 3.63) is 89.1 Å². The fourth-order valence-corrected chi connectivity index (χ4v) is 3.48. The summed E-state index contributed by atoms with van der Waals surface area (Å²) in [6.07, 6.45) is 3.44. The van der Waals surface area contributed by atoms with Gasteiger partial charge in [-0.3, -0.25) is 19.6 Å². The van der Waals surface area contributed by atoms with Crippen molar-refractivity contribution in [2.24, 2.45) is 7.05 Å². The molecule has 0 aliphatic rings. The summed E-state index contributed by atoms with van der Waals surface area (Å²) >= 11 is 0. The van der Waals surface area contributed by atoms with Crippen molar-refractivity contribution in [3.63, 3.8) is 0 Å². The summed E-state index contributed by atoms with van der Waals surface area (Å²) in [4.78, 5) is 17.1. The normalized spacial score (nSPS) is 12.0. The average Bonchev–Trinajstić information content (AvgIpc) is 3.31. The molecule has 1 unspecified atom stereocenters. The molecule has 0 spiro atoms. The van der Waals surface area contributed by atoms with Crippen LogP contribution < -0.4 is 5.32 Å². The number of aromatic nitrogens is 5. The Kier molecular flexibility index (Phi) is 4.95. The molecule has 0 radical (unpaired) electrons. The van der Waals surface area contributed by atoms with Gasteiger partial charge < -0.3 is 5.32 Å². The topological polar surface area (TPSA) is 88.5 Å². The highest BCUT2D eigenvalue weighted by Gasteiger charge is 2.21. The van der Waals surface area contributed by atoms with Crippen LogP contribution in [0.1, 0.15) is 39.0 Å². The second-order valence-electron chi connectivity index (χ2n) is 6.93. The highest BCUT2D eigenvalue weighted by atomic mass is 16.2. The van der Waals surface area contributed by atoms with Gasteiger partial charge in [-0.2, -0.15) is 10.2 Å². The van der Waals surface area contributed by atoms with Crippen LogP contribution >= 0.6 is 0 Å². The van der Waals surface area contributed by atoms with E-state index in [1.54, 1.807) is 18.5 Å². The van der Waals surface area contributed by atoms with Crippen LogP contribution in [0.25, 0.3) is 11.3 Å². The van der Waals surface area contributed by atoms with E-state index < -0.39 is 0 Å². The molecule has 1 atom stereocenters. The van der Waals surface area contributed by atoms with Crippen LogP contribution in [-0.2, 0) is 7.05 Å². The van der Waals surface area contributed by atoms with Crippen LogP contribution in [-0.4, -0.2) is 30.9 Å². The van der Waals surface area contributed by atoms with Gasteiger partial charge >= 0.3 is 0 Å². The number of carbonyl (C=O) groups is 1. The van der Waals surface area contributed by atoms with Gasteiger partial charge in [0.25, 0.3) is 5.91 Å². The quantitative estimate of drug-likeness (QED) is 0.551. The minimum Gasteiger partial charge on any atom is -0.340 e. The zero-order chi connectivity index (χ0) is 20.4. The van der Waals surface area contributed by atoms with Gasteiger partial charge in [-0.15, -0.1) is 0 Å². The molecule has 0 saturated heterocycles. The Hall–Kier alpha value is -3.74.